The van der Waals surface area contributed by atoms with E-state index in [1.54, 1.807) is 18.2 Å². The number of carbonyl (C=O) groups excluding carboxylic acids is 2. The second-order valence-electron chi connectivity index (χ2n) is 8.37. The van der Waals surface area contributed by atoms with Crippen molar-refractivity contribution in [2.75, 3.05) is 29.0 Å². The van der Waals surface area contributed by atoms with Gasteiger partial charge >= 0.3 is 11.8 Å². The standard InChI is InChI=1S/C25H27N3O5S/c1-34(32,33)28-15-5-8-18-11-12-19(16-22(18)28)27-25(31)24(30)26-14-13-23(29)21-10-4-7-17-6-2-3-9-20(17)21/h2-4,6-7,9-12,16,23,29H,5,8,13-15H2,1H3,(H,26,30)(H,27,31)/t23-/m1/s1. The molecule has 0 aliphatic carbocycles. The Hall–Kier alpha value is -3.43. The number of carbonyl (C=O) groups is 2. The highest BCUT2D eigenvalue weighted by molar-refractivity contribution is 7.92. The number of aryl methyl sites for hydroxylation is 1. The number of sulfonamides is 1. The Kier molecular flexibility index (Phi) is 6.85. The molecule has 0 unspecified atom stereocenters. The molecule has 9 heteroatoms. The number of nitrogens with one attached hydrogen (secondary N) is 2. The molecule has 0 bridgehead atoms. The van der Waals surface area contributed by atoms with Crippen LogP contribution in [0.1, 0.15) is 30.1 Å². The van der Waals surface area contributed by atoms with Crippen molar-refractivity contribution in [2.24, 2.45) is 0 Å². The third kappa shape index (κ3) is 5.21. The van der Waals surface area contributed by atoms with Crippen LogP contribution in [0.4, 0.5) is 11.4 Å². The number of aliphatic hydroxyl groups is 1. The van der Waals surface area contributed by atoms with Gasteiger partial charge in [-0.3, -0.25) is 13.9 Å². The third-order valence-corrected chi connectivity index (χ3v) is 7.09. The van der Waals surface area contributed by atoms with Crippen LogP contribution in [0.2, 0.25) is 0 Å². The second kappa shape index (κ2) is 9.82. The molecule has 1 atom stereocenters. The molecule has 1 aliphatic rings. The number of rotatable bonds is 6. The van der Waals surface area contributed by atoms with Gasteiger partial charge in [0.25, 0.3) is 0 Å². The maximum Gasteiger partial charge on any atom is 0.313 e. The van der Waals surface area contributed by atoms with Gasteiger partial charge in [-0.05, 0) is 53.3 Å². The molecule has 4 rings (SSSR count). The summed E-state index contributed by atoms with van der Waals surface area (Å²) in [6.07, 6.45) is 2.06. The minimum Gasteiger partial charge on any atom is -0.388 e. The fourth-order valence-electron chi connectivity index (χ4n) is 4.25. The Morgan fingerprint density at radius 2 is 1.82 bits per heavy atom. The quantitative estimate of drug-likeness (QED) is 0.468. The zero-order valence-corrected chi connectivity index (χ0v) is 19.6. The van der Waals surface area contributed by atoms with Gasteiger partial charge in [0, 0.05) is 18.8 Å². The topological polar surface area (TPSA) is 116 Å². The molecule has 0 aromatic heterocycles. The van der Waals surface area contributed by atoms with Gasteiger partial charge < -0.3 is 15.7 Å². The normalized spacial score (nSPS) is 14.4. The van der Waals surface area contributed by atoms with Crippen molar-refractivity contribution in [3.8, 4) is 0 Å². The van der Waals surface area contributed by atoms with E-state index in [1.165, 1.54) is 4.31 Å². The monoisotopic (exact) mass is 481 g/mol. The molecule has 8 nitrogen and oxygen atoms in total. The molecule has 34 heavy (non-hydrogen) atoms. The number of hydrogen-bond donors (Lipinski definition) is 3. The predicted molar refractivity (Wildman–Crippen MR) is 132 cm³/mol. The summed E-state index contributed by atoms with van der Waals surface area (Å²) in [7, 11) is -3.44. The van der Waals surface area contributed by atoms with E-state index in [2.05, 4.69) is 10.6 Å². The first-order valence-corrected chi connectivity index (χ1v) is 12.9. The lowest BCUT2D eigenvalue weighted by atomic mass is 9.99. The lowest BCUT2D eigenvalue weighted by Crippen LogP contribution is -2.37. The Balaban J connectivity index is 1.35. The Bertz CT molecular complexity index is 1330. The number of aliphatic hydroxyl groups excluding tert-OH is 1. The number of nitrogens with zero attached hydrogens (tertiary/aromatic N) is 1. The summed E-state index contributed by atoms with van der Waals surface area (Å²) in [5.74, 6) is -1.69. The fourth-order valence-corrected chi connectivity index (χ4v) is 5.24. The van der Waals surface area contributed by atoms with E-state index in [0.29, 0.717) is 17.9 Å². The number of anilines is 2. The molecule has 1 heterocycles. The van der Waals surface area contributed by atoms with E-state index < -0.39 is 27.9 Å². The van der Waals surface area contributed by atoms with Gasteiger partial charge in [0.2, 0.25) is 10.0 Å². The van der Waals surface area contributed by atoms with E-state index in [4.69, 9.17) is 0 Å². The summed E-state index contributed by atoms with van der Waals surface area (Å²) >= 11 is 0. The van der Waals surface area contributed by atoms with E-state index in [-0.39, 0.29) is 13.0 Å². The van der Waals surface area contributed by atoms with Crippen molar-refractivity contribution in [1.29, 1.82) is 0 Å². The van der Waals surface area contributed by atoms with Crippen LogP contribution in [-0.2, 0) is 26.0 Å². The summed E-state index contributed by atoms with van der Waals surface area (Å²) < 4.78 is 25.5. The first-order chi connectivity index (χ1) is 16.2. The maximum absolute atomic E-state index is 12.4. The lowest BCUT2D eigenvalue weighted by molar-refractivity contribution is -0.136. The van der Waals surface area contributed by atoms with Gasteiger partial charge in [-0.15, -0.1) is 0 Å². The van der Waals surface area contributed by atoms with Gasteiger partial charge in [-0.25, -0.2) is 8.42 Å². The Morgan fingerprint density at radius 3 is 2.62 bits per heavy atom. The largest absolute Gasteiger partial charge is 0.388 e. The zero-order valence-electron chi connectivity index (χ0n) is 18.8. The SMILES string of the molecule is CS(=O)(=O)N1CCCc2ccc(NC(=O)C(=O)NCC[C@@H](O)c3cccc4ccccc34)cc21. The molecule has 0 spiro atoms. The molecule has 1 aliphatic heterocycles. The van der Waals surface area contributed by atoms with E-state index >= 15 is 0 Å². The zero-order chi connectivity index (χ0) is 24.3. The lowest BCUT2D eigenvalue weighted by Gasteiger charge is -2.29. The molecule has 2 amide bonds. The van der Waals surface area contributed by atoms with E-state index in [1.807, 2.05) is 42.5 Å². The molecular weight excluding hydrogens is 454 g/mol. The summed E-state index contributed by atoms with van der Waals surface area (Å²) in [5.41, 5.74) is 2.50. The summed E-state index contributed by atoms with van der Waals surface area (Å²) in [6.45, 7) is 0.491. The number of fused-ring (bicyclic) bond motifs is 2. The van der Waals surface area contributed by atoms with Crippen molar-refractivity contribution >= 4 is 44.0 Å². The molecule has 0 saturated heterocycles. The van der Waals surface area contributed by atoms with Crippen molar-refractivity contribution in [3.05, 3.63) is 71.8 Å². The molecule has 3 aromatic carbocycles. The van der Waals surface area contributed by atoms with Gasteiger partial charge in [-0.2, -0.15) is 0 Å². The minimum absolute atomic E-state index is 0.114. The molecule has 3 N–H and O–H groups in total. The average Bonchev–Trinajstić information content (AvgIpc) is 2.82. The molecule has 0 radical (unpaired) electrons. The van der Waals surface area contributed by atoms with Gasteiger partial charge in [0.05, 0.1) is 18.0 Å². The van der Waals surface area contributed by atoms with Crippen LogP contribution >= 0.6 is 0 Å². The predicted octanol–water partition coefficient (Wildman–Crippen LogP) is 2.73. The van der Waals surface area contributed by atoms with Crippen LogP contribution in [0.15, 0.2) is 60.7 Å². The van der Waals surface area contributed by atoms with Crippen LogP contribution in [-0.4, -0.2) is 44.7 Å². The van der Waals surface area contributed by atoms with E-state index in [0.717, 1.165) is 41.0 Å². The van der Waals surface area contributed by atoms with Crippen LogP contribution in [0, 0.1) is 0 Å². The third-order valence-electron chi connectivity index (χ3n) is 5.91. The van der Waals surface area contributed by atoms with Crippen molar-refractivity contribution in [3.63, 3.8) is 0 Å². The number of amides is 2. The van der Waals surface area contributed by atoms with Crippen LogP contribution in [0.25, 0.3) is 10.8 Å². The number of benzene rings is 3. The molecule has 3 aromatic rings. The first kappa shape index (κ1) is 23.7. The fraction of sp³-hybridized carbons (Fsp3) is 0.280. The summed E-state index contributed by atoms with van der Waals surface area (Å²) in [6, 6.07) is 18.4. The second-order valence-corrected chi connectivity index (χ2v) is 10.3. The molecule has 0 saturated carbocycles. The number of hydrogen-bond acceptors (Lipinski definition) is 5. The maximum atomic E-state index is 12.4. The van der Waals surface area contributed by atoms with Crippen molar-refractivity contribution in [1.82, 2.24) is 5.32 Å². The van der Waals surface area contributed by atoms with Gasteiger partial charge in [0.15, 0.2) is 0 Å². The van der Waals surface area contributed by atoms with Gasteiger partial charge in [0.1, 0.15) is 0 Å². The summed E-state index contributed by atoms with van der Waals surface area (Å²) in [5, 5.41) is 17.6. The highest BCUT2D eigenvalue weighted by Gasteiger charge is 2.25. The van der Waals surface area contributed by atoms with Gasteiger partial charge in [-0.1, -0.05) is 48.5 Å². The van der Waals surface area contributed by atoms with Crippen LogP contribution in [0.3, 0.4) is 0 Å². The van der Waals surface area contributed by atoms with E-state index in [9.17, 15) is 23.1 Å². The van der Waals surface area contributed by atoms with Crippen molar-refractivity contribution < 1.29 is 23.1 Å². The molecule has 0 fully saturated rings. The van der Waals surface area contributed by atoms with Crippen LogP contribution in [0.5, 0.6) is 0 Å². The highest BCUT2D eigenvalue weighted by atomic mass is 32.2. The molecular formula is C25H27N3O5S. The highest BCUT2D eigenvalue weighted by Crippen LogP contribution is 2.31. The first-order valence-electron chi connectivity index (χ1n) is 11.1. The molecule has 178 valence electrons. The van der Waals surface area contributed by atoms with Crippen LogP contribution < -0.4 is 14.9 Å². The Morgan fingerprint density at radius 1 is 1.06 bits per heavy atom. The minimum atomic E-state index is -3.44. The average molecular weight is 482 g/mol. The smallest absolute Gasteiger partial charge is 0.313 e. The Labute approximate surface area is 198 Å². The summed E-state index contributed by atoms with van der Waals surface area (Å²) in [4.78, 5) is 24.6. The van der Waals surface area contributed by atoms with Crippen molar-refractivity contribution in [2.45, 2.75) is 25.4 Å².